The summed E-state index contributed by atoms with van der Waals surface area (Å²) in [6, 6.07) is 9.36. The van der Waals surface area contributed by atoms with Crippen molar-refractivity contribution >= 4 is 10.9 Å². The molecule has 0 amide bonds. The lowest BCUT2D eigenvalue weighted by molar-refractivity contribution is 0.447. The van der Waals surface area contributed by atoms with Gasteiger partial charge < -0.3 is 10.1 Å². The monoisotopic (exact) mass is 253 g/mol. The smallest absolute Gasteiger partial charge is 0.257 e. The summed E-state index contributed by atoms with van der Waals surface area (Å²) in [5.74, 6) is 0.0593. The predicted molar refractivity (Wildman–Crippen MR) is 72.0 cm³/mol. The SMILES string of the molecule is Cc1c(O)nc(-c2cccc3cccnc23)[nH]c1=O. The van der Waals surface area contributed by atoms with Crippen LogP contribution in [0.3, 0.4) is 0 Å². The molecule has 0 aliphatic rings. The summed E-state index contributed by atoms with van der Waals surface area (Å²) in [6.45, 7) is 1.52. The van der Waals surface area contributed by atoms with Gasteiger partial charge in [0, 0.05) is 17.1 Å². The molecule has 5 heteroatoms. The van der Waals surface area contributed by atoms with E-state index in [1.54, 1.807) is 6.20 Å². The quantitative estimate of drug-likeness (QED) is 0.695. The molecule has 0 saturated heterocycles. The fourth-order valence-corrected chi connectivity index (χ4v) is 1.94. The van der Waals surface area contributed by atoms with E-state index in [9.17, 15) is 9.90 Å². The lowest BCUT2D eigenvalue weighted by Crippen LogP contribution is -2.12. The van der Waals surface area contributed by atoms with Gasteiger partial charge in [-0.05, 0) is 19.1 Å². The summed E-state index contributed by atoms with van der Waals surface area (Å²) < 4.78 is 0. The van der Waals surface area contributed by atoms with Gasteiger partial charge in [0.15, 0.2) is 0 Å². The summed E-state index contributed by atoms with van der Waals surface area (Å²) in [4.78, 5) is 22.7. The van der Waals surface area contributed by atoms with E-state index in [1.165, 1.54) is 6.92 Å². The number of para-hydroxylation sites is 1. The molecule has 0 radical (unpaired) electrons. The number of aromatic amines is 1. The van der Waals surface area contributed by atoms with Gasteiger partial charge in [0.1, 0.15) is 5.82 Å². The van der Waals surface area contributed by atoms with E-state index in [1.807, 2.05) is 30.3 Å². The summed E-state index contributed by atoms with van der Waals surface area (Å²) in [5, 5.41) is 10.6. The number of aromatic nitrogens is 3. The van der Waals surface area contributed by atoms with Crippen LogP contribution in [0.1, 0.15) is 5.56 Å². The van der Waals surface area contributed by atoms with Crippen molar-refractivity contribution in [1.82, 2.24) is 15.0 Å². The Morgan fingerprint density at radius 2 is 2.00 bits per heavy atom. The standard InChI is InChI=1S/C14H11N3O2/c1-8-13(18)16-12(17-14(8)19)10-6-2-4-9-5-3-7-15-11(9)10/h2-7H,1H3,(H2,16,17,18,19). The molecule has 2 N–H and O–H groups in total. The highest BCUT2D eigenvalue weighted by Crippen LogP contribution is 2.24. The topological polar surface area (TPSA) is 78.9 Å². The Morgan fingerprint density at radius 1 is 1.21 bits per heavy atom. The molecule has 2 heterocycles. The molecule has 0 saturated carbocycles. The first-order valence-corrected chi connectivity index (χ1v) is 5.81. The first-order valence-electron chi connectivity index (χ1n) is 5.81. The zero-order valence-corrected chi connectivity index (χ0v) is 10.2. The van der Waals surface area contributed by atoms with E-state index in [0.717, 1.165) is 10.9 Å². The second kappa shape index (κ2) is 4.20. The van der Waals surface area contributed by atoms with Crippen LogP contribution in [-0.4, -0.2) is 20.1 Å². The zero-order chi connectivity index (χ0) is 13.4. The van der Waals surface area contributed by atoms with Crippen LogP contribution < -0.4 is 5.56 Å². The van der Waals surface area contributed by atoms with Crippen LogP contribution in [0, 0.1) is 6.92 Å². The number of aromatic hydroxyl groups is 1. The number of nitrogens with one attached hydrogen (secondary N) is 1. The van der Waals surface area contributed by atoms with Crippen LogP contribution in [0.25, 0.3) is 22.3 Å². The lowest BCUT2D eigenvalue weighted by Gasteiger charge is -2.06. The van der Waals surface area contributed by atoms with Gasteiger partial charge in [-0.2, -0.15) is 4.98 Å². The molecule has 0 atom stereocenters. The molecule has 0 bridgehead atoms. The summed E-state index contributed by atoms with van der Waals surface area (Å²) in [6.07, 6.45) is 1.68. The van der Waals surface area contributed by atoms with Crippen molar-refractivity contribution in [2.45, 2.75) is 6.92 Å². The van der Waals surface area contributed by atoms with Gasteiger partial charge in [-0.3, -0.25) is 9.78 Å². The van der Waals surface area contributed by atoms with Crippen LogP contribution in [0.15, 0.2) is 41.3 Å². The fourth-order valence-electron chi connectivity index (χ4n) is 1.94. The summed E-state index contributed by atoms with van der Waals surface area (Å²) in [7, 11) is 0. The molecule has 2 aromatic heterocycles. The minimum absolute atomic E-state index is 0.206. The minimum Gasteiger partial charge on any atom is -0.493 e. The molecular formula is C14H11N3O2. The number of hydrogen-bond donors (Lipinski definition) is 2. The molecule has 0 fully saturated rings. The number of hydrogen-bond acceptors (Lipinski definition) is 4. The molecule has 0 aliphatic carbocycles. The number of fused-ring (bicyclic) bond motifs is 1. The lowest BCUT2D eigenvalue weighted by atomic mass is 10.1. The van der Waals surface area contributed by atoms with Gasteiger partial charge in [0.25, 0.3) is 5.56 Å². The third-order valence-electron chi connectivity index (χ3n) is 3.01. The van der Waals surface area contributed by atoms with E-state index < -0.39 is 0 Å². The summed E-state index contributed by atoms with van der Waals surface area (Å²) in [5.41, 5.74) is 1.27. The number of rotatable bonds is 1. The normalized spacial score (nSPS) is 10.8. The van der Waals surface area contributed by atoms with E-state index in [4.69, 9.17) is 0 Å². The molecule has 5 nitrogen and oxygen atoms in total. The maximum absolute atomic E-state index is 11.7. The first kappa shape index (κ1) is 11.4. The fraction of sp³-hybridized carbons (Fsp3) is 0.0714. The van der Waals surface area contributed by atoms with Crippen molar-refractivity contribution in [3.05, 3.63) is 52.4 Å². The Bertz CT molecular complexity index is 819. The Balaban J connectivity index is 2.34. The Hall–Kier alpha value is -2.69. The van der Waals surface area contributed by atoms with Crippen LogP contribution in [0.2, 0.25) is 0 Å². The molecule has 1 aromatic carbocycles. The van der Waals surface area contributed by atoms with Crippen molar-refractivity contribution in [1.29, 1.82) is 0 Å². The third-order valence-corrected chi connectivity index (χ3v) is 3.01. The average molecular weight is 253 g/mol. The molecule has 3 rings (SSSR count). The van der Waals surface area contributed by atoms with E-state index >= 15 is 0 Å². The molecule has 3 aromatic rings. The van der Waals surface area contributed by atoms with Crippen molar-refractivity contribution in [3.8, 4) is 17.3 Å². The van der Waals surface area contributed by atoms with E-state index in [2.05, 4.69) is 15.0 Å². The molecule has 0 spiro atoms. The van der Waals surface area contributed by atoms with Crippen molar-refractivity contribution < 1.29 is 5.11 Å². The highest BCUT2D eigenvalue weighted by atomic mass is 16.3. The van der Waals surface area contributed by atoms with Gasteiger partial charge in [-0.25, -0.2) is 0 Å². The Morgan fingerprint density at radius 3 is 2.79 bits per heavy atom. The van der Waals surface area contributed by atoms with E-state index in [0.29, 0.717) is 11.4 Å². The van der Waals surface area contributed by atoms with Gasteiger partial charge in [0.05, 0.1) is 11.1 Å². The summed E-state index contributed by atoms with van der Waals surface area (Å²) >= 11 is 0. The van der Waals surface area contributed by atoms with Crippen molar-refractivity contribution in [2.75, 3.05) is 0 Å². The largest absolute Gasteiger partial charge is 0.493 e. The molecule has 19 heavy (non-hydrogen) atoms. The predicted octanol–water partition coefficient (Wildman–Crippen LogP) is 2.00. The number of pyridine rings is 1. The van der Waals surface area contributed by atoms with Crippen LogP contribution >= 0.6 is 0 Å². The van der Waals surface area contributed by atoms with Crippen molar-refractivity contribution in [2.24, 2.45) is 0 Å². The third kappa shape index (κ3) is 1.85. The maximum atomic E-state index is 11.7. The average Bonchev–Trinajstić information content (AvgIpc) is 2.43. The minimum atomic E-state index is -0.351. The first-order chi connectivity index (χ1) is 9.16. The molecule has 0 unspecified atom stereocenters. The van der Waals surface area contributed by atoms with E-state index in [-0.39, 0.29) is 17.0 Å². The molecule has 94 valence electrons. The highest BCUT2D eigenvalue weighted by molar-refractivity contribution is 5.91. The van der Waals surface area contributed by atoms with Gasteiger partial charge in [0.2, 0.25) is 5.88 Å². The zero-order valence-electron chi connectivity index (χ0n) is 10.2. The Kier molecular flexibility index (Phi) is 2.52. The highest BCUT2D eigenvalue weighted by Gasteiger charge is 2.10. The van der Waals surface area contributed by atoms with Gasteiger partial charge in [-0.15, -0.1) is 0 Å². The molecule has 0 aliphatic heterocycles. The number of H-pyrrole nitrogens is 1. The maximum Gasteiger partial charge on any atom is 0.257 e. The van der Waals surface area contributed by atoms with Gasteiger partial charge >= 0.3 is 0 Å². The second-order valence-corrected chi connectivity index (χ2v) is 4.24. The van der Waals surface area contributed by atoms with Crippen LogP contribution in [0.4, 0.5) is 0 Å². The number of nitrogens with zero attached hydrogens (tertiary/aromatic N) is 2. The molecular weight excluding hydrogens is 242 g/mol. The van der Waals surface area contributed by atoms with Gasteiger partial charge in [-0.1, -0.05) is 18.2 Å². The Labute approximate surface area is 108 Å². The van der Waals surface area contributed by atoms with Crippen LogP contribution in [0.5, 0.6) is 5.88 Å². The second-order valence-electron chi connectivity index (χ2n) is 4.24. The number of benzene rings is 1. The van der Waals surface area contributed by atoms with Crippen LogP contribution in [-0.2, 0) is 0 Å². The van der Waals surface area contributed by atoms with Crippen molar-refractivity contribution in [3.63, 3.8) is 0 Å².